The third kappa shape index (κ3) is 5.57. The van der Waals surface area contributed by atoms with Crippen molar-refractivity contribution in [1.29, 1.82) is 0 Å². The number of carbonyl (C=O) groups excluding carboxylic acids is 1. The van der Waals surface area contributed by atoms with Crippen LogP contribution in [0.15, 0.2) is 59.5 Å². The Hall–Kier alpha value is -2.94. The summed E-state index contributed by atoms with van der Waals surface area (Å²) in [5.41, 5.74) is -0.146. The molecular formula is C16H16N2O6S. The van der Waals surface area contributed by atoms with Crippen molar-refractivity contribution in [3.8, 4) is 5.75 Å². The lowest BCUT2D eigenvalue weighted by molar-refractivity contribution is -0.384. The van der Waals surface area contributed by atoms with E-state index >= 15 is 0 Å². The van der Waals surface area contributed by atoms with Gasteiger partial charge in [0.1, 0.15) is 5.75 Å². The molecule has 0 aliphatic carbocycles. The average Bonchev–Trinajstić information content (AvgIpc) is 2.61. The van der Waals surface area contributed by atoms with Crippen molar-refractivity contribution in [2.45, 2.75) is 4.90 Å². The maximum Gasteiger partial charge on any atom is 0.273 e. The summed E-state index contributed by atoms with van der Waals surface area (Å²) >= 11 is 0. The number of nitrogens with zero attached hydrogens (tertiary/aromatic N) is 1. The highest BCUT2D eigenvalue weighted by atomic mass is 32.2. The molecular weight excluding hydrogens is 348 g/mol. The topological polar surface area (TPSA) is 116 Å². The lowest BCUT2D eigenvalue weighted by Crippen LogP contribution is -2.32. The minimum atomic E-state index is -3.47. The lowest BCUT2D eigenvalue weighted by Gasteiger charge is -2.08. The highest BCUT2D eigenvalue weighted by molar-refractivity contribution is 7.91. The van der Waals surface area contributed by atoms with E-state index < -0.39 is 20.7 Å². The molecule has 1 N–H and O–H groups in total. The van der Waals surface area contributed by atoms with Gasteiger partial charge in [0.05, 0.1) is 21.6 Å². The number of hydrogen-bond donors (Lipinski definition) is 1. The Balaban J connectivity index is 1.80. The largest absolute Gasteiger partial charge is 0.484 e. The van der Waals surface area contributed by atoms with Crippen molar-refractivity contribution in [2.75, 3.05) is 18.9 Å². The van der Waals surface area contributed by atoms with E-state index in [0.717, 1.165) is 0 Å². The van der Waals surface area contributed by atoms with Crippen LogP contribution in [0.2, 0.25) is 0 Å². The van der Waals surface area contributed by atoms with E-state index in [2.05, 4.69) is 5.32 Å². The van der Waals surface area contributed by atoms with Gasteiger partial charge in [-0.3, -0.25) is 14.9 Å². The van der Waals surface area contributed by atoms with Gasteiger partial charge in [0.2, 0.25) is 0 Å². The summed E-state index contributed by atoms with van der Waals surface area (Å²) in [4.78, 5) is 22.0. The minimum Gasteiger partial charge on any atom is -0.484 e. The molecule has 0 atom stereocenters. The van der Waals surface area contributed by atoms with E-state index in [-0.39, 0.29) is 35.2 Å². The van der Waals surface area contributed by atoms with Gasteiger partial charge in [0, 0.05) is 12.6 Å². The molecule has 0 bridgehead atoms. The van der Waals surface area contributed by atoms with Gasteiger partial charge in [-0.25, -0.2) is 8.42 Å². The number of nitro benzene ring substituents is 1. The second-order valence-corrected chi connectivity index (χ2v) is 7.13. The molecule has 0 aliphatic rings. The van der Waals surface area contributed by atoms with Crippen molar-refractivity contribution in [3.05, 3.63) is 64.7 Å². The highest BCUT2D eigenvalue weighted by Gasteiger charge is 2.14. The fourth-order valence-corrected chi connectivity index (χ4v) is 3.14. The van der Waals surface area contributed by atoms with E-state index in [1.54, 1.807) is 18.2 Å². The minimum absolute atomic E-state index is 0.0612. The molecule has 0 aliphatic heterocycles. The zero-order chi connectivity index (χ0) is 18.3. The van der Waals surface area contributed by atoms with Crippen LogP contribution < -0.4 is 10.1 Å². The number of nitrogens with one attached hydrogen (secondary N) is 1. The Labute approximate surface area is 144 Å². The van der Waals surface area contributed by atoms with Crippen LogP contribution in [0, 0.1) is 10.1 Å². The standard InChI is InChI=1S/C16H16N2O6S/c19-16(12-24-14-6-4-5-13(11-14)18(20)21)17-9-10-25(22,23)15-7-2-1-3-8-15/h1-8,11H,9-10,12H2,(H,17,19). The number of carbonyl (C=O) groups is 1. The maximum atomic E-state index is 12.0. The first-order valence-electron chi connectivity index (χ1n) is 7.30. The van der Waals surface area contributed by atoms with Gasteiger partial charge in [0.25, 0.3) is 11.6 Å². The monoisotopic (exact) mass is 364 g/mol. The number of benzene rings is 2. The van der Waals surface area contributed by atoms with Crippen molar-refractivity contribution in [1.82, 2.24) is 5.32 Å². The Morgan fingerprint density at radius 3 is 2.52 bits per heavy atom. The van der Waals surface area contributed by atoms with E-state index in [1.165, 1.54) is 36.4 Å². The predicted molar refractivity (Wildman–Crippen MR) is 90.1 cm³/mol. The highest BCUT2D eigenvalue weighted by Crippen LogP contribution is 2.18. The van der Waals surface area contributed by atoms with E-state index in [1.807, 2.05) is 0 Å². The third-order valence-electron chi connectivity index (χ3n) is 3.19. The Morgan fingerprint density at radius 1 is 1.12 bits per heavy atom. The first-order chi connectivity index (χ1) is 11.9. The molecule has 0 saturated heterocycles. The Bertz CT molecular complexity index is 852. The van der Waals surface area contributed by atoms with Crippen LogP contribution in [0.5, 0.6) is 5.75 Å². The van der Waals surface area contributed by atoms with Gasteiger partial charge in [0.15, 0.2) is 16.4 Å². The predicted octanol–water partition coefficient (Wildman–Crippen LogP) is 1.56. The molecule has 0 saturated carbocycles. The summed E-state index contributed by atoms with van der Waals surface area (Å²) in [5, 5.41) is 13.1. The first-order valence-corrected chi connectivity index (χ1v) is 8.95. The number of rotatable bonds is 8. The van der Waals surface area contributed by atoms with Crippen LogP contribution in [0.25, 0.3) is 0 Å². The molecule has 0 unspecified atom stereocenters. The number of sulfone groups is 1. The maximum absolute atomic E-state index is 12.0. The smallest absolute Gasteiger partial charge is 0.273 e. The van der Waals surface area contributed by atoms with Crippen LogP contribution in [-0.4, -0.2) is 38.2 Å². The lowest BCUT2D eigenvalue weighted by atomic mass is 10.3. The van der Waals surface area contributed by atoms with Crippen LogP contribution in [0.3, 0.4) is 0 Å². The van der Waals surface area contributed by atoms with Crippen molar-refractivity contribution < 1.29 is 22.9 Å². The fraction of sp³-hybridized carbons (Fsp3) is 0.188. The molecule has 25 heavy (non-hydrogen) atoms. The summed E-state index contributed by atoms with van der Waals surface area (Å²) < 4.78 is 29.3. The van der Waals surface area contributed by atoms with Gasteiger partial charge >= 0.3 is 0 Å². The number of hydrogen-bond acceptors (Lipinski definition) is 6. The summed E-state index contributed by atoms with van der Waals surface area (Å²) in [6.45, 7) is -0.430. The second-order valence-electron chi connectivity index (χ2n) is 5.03. The quantitative estimate of drug-likeness (QED) is 0.561. The van der Waals surface area contributed by atoms with E-state index in [4.69, 9.17) is 4.74 Å². The molecule has 0 spiro atoms. The molecule has 1 amide bonds. The number of ether oxygens (including phenoxy) is 1. The van der Waals surface area contributed by atoms with Gasteiger partial charge in [-0.2, -0.15) is 0 Å². The summed E-state index contributed by atoms with van der Waals surface area (Å²) in [5.74, 6) is -0.574. The molecule has 2 aromatic rings. The molecule has 132 valence electrons. The summed E-state index contributed by atoms with van der Waals surface area (Å²) in [7, 11) is -3.47. The van der Waals surface area contributed by atoms with Crippen molar-refractivity contribution in [2.24, 2.45) is 0 Å². The summed E-state index contributed by atoms with van der Waals surface area (Å²) in [6, 6.07) is 13.4. The molecule has 0 heterocycles. The van der Waals surface area contributed by atoms with Gasteiger partial charge in [-0.1, -0.05) is 24.3 Å². The molecule has 9 heteroatoms. The second kappa shape index (κ2) is 8.25. The van der Waals surface area contributed by atoms with E-state index in [0.29, 0.717) is 0 Å². The molecule has 2 aromatic carbocycles. The SMILES string of the molecule is O=C(COc1cccc([N+](=O)[O-])c1)NCCS(=O)(=O)c1ccccc1. The van der Waals surface area contributed by atoms with Crippen molar-refractivity contribution in [3.63, 3.8) is 0 Å². The average molecular weight is 364 g/mol. The number of nitro groups is 1. The molecule has 0 fully saturated rings. The first kappa shape index (κ1) is 18.4. The molecule has 0 radical (unpaired) electrons. The van der Waals surface area contributed by atoms with Crippen LogP contribution in [0.4, 0.5) is 5.69 Å². The fourth-order valence-electron chi connectivity index (χ4n) is 1.96. The molecule has 2 rings (SSSR count). The normalized spacial score (nSPS) is 10.9. The van der Waals surface area contributed by atoms with Crippen LogP contribution >= 0.6 is 0 Å². The molecule has 8 nitrogen and oxygen atoms in total. The molecule has 0 aromatic heterocycles. The van der Waals surface area contributed by atoms with Crippen molar-refractivity contribution >= 4 is 21.4 Å². The van der Waals surface area contributed by atoms with Gasteiger partial charge in [-0.05, 0) is 18.2 Å². The zero-order valence-electron chi connectivity index (χ0n) is 13.1. The summed E-state index contributed by atoms with van der Waals surface area (Å²) in [6.07, 6.45) is 0. The van der Waals surface area contributed by atoms with Crippen LogP contribution in [0.1, 0.15) is 0 Å². The van der Waals surface area contributed by atoms with Gasteiger partial charge in [-0.15, -0.1) is 0 Å². The van der Waals surface area contributed by atoms with Gasteiger partial charge < -0.3 is 10.1 Å². The Kier molecular flexibility index (Phi) is 6.07. The zero-order valence-corrected chi connectivity index (χ0v) is 13.9. The van der Waals surface area contributed by atoms with Crippen LogP contribution in [-0.2, 0) is 14.6 Å². The Morgan fingerprint density at radius 2 is 1.84 bits per heavy atom. The van der Waals surface area contributed by atoms with E-state index in [9.17, 15) is 23.3 Å². The number of amides is 1. The third-order valence-corrected chi connectivity index (χ3v) is 4.93. The number of non-ortho nitro benzene ring substituents is 1.